The second kappa shape index (κ2) is 7.62. The van der Waals surface area contributed by atoms with Gasteiger partial charge in [-0.25, -0.2) is 0 Å². The molecular formula is C19H22N2O2S2. The number of benzene rings is 1. The summed E-state index contributed by atoms with van der Waals surface area (Å²) in [4.78, 5) is 26.9. The molecule has 2 aromatic rings. The van der Waals surface area contributed by atoms with Crippen LogP contribution >= 0.6 is 23.1 Å². The molecule has 1 aromatic carbocycles. The van der Waals surface area contributed by atoms with E-state index in [-0.39, 0.29) is 5.91 Å². The van der Waals surface area contributed by atoms with Crippen molar-refractivity contribution in [3.63, 3.8) is 0 Å². The number of anilines is 1. The topological polar surface area (TPSA) is 72.2 Å². The molecule has 4 nitrogen and oxygen atoms in total. The lowest BCUT2D eigenvalue weighted by Gasteiger charge is -2.18. The maximum Gasteiger partial charge on any atom is 0.257 e. The second-order valence-electron chi connectivity index (χ2n) is 6.30. The molecule has 0 saturated heterocycles. The first-order chi connectivity index (χ1) is 12.0. The first-order valence-corrected chi connectivity index (χ1v) is 10.3. The van der Waals surface area contributed by atoms with Crippen LogP contribution < -0.4 is 11.1 Å². The highest BCUT2D eigenvalue weighted by molar-refractivity contribution is 7.99. The average molecular weight is 375 g/mol. The number of primary amides is 1. The van der Waals surface area contributed by atoms with Crippen molar-refractivity contribution in [2.45, 2.75) is 38.0 Å². The molecule has 1 aromatic heterocycles. The Morgan fingerprint density at radius 3 is 2.84 bits per heavy atom. The molecule has 1 unspecified atom stereocenters. The highest BCUT2D eigenvalue weighted by Crippen LogP contribution is 2.39. The fraction of sp³-hybridized carbons (Fsp3) is 0.368. The summed E-state index contributed by atoms with van der Waals surface area (Å²) in [7, 11) is 0. The average Bonchev–Trinajstić information content (AvgIpc) is 2.92. The van der Waals surface area contributed by atoms with Crippen LogP contribution in [-0.4, -0.2) is 17.6 Å². The molecule has 1 atom stereocenters. The van der Waals surface area contributed by atoms with Crippen molar-refractivity contribution in [3.8, 4) is 0 Å². The first-order valence-electron chi connectivity index (χ1n) is 8.48. The lowest BCUT2D eigenvalue weighted by Crippen LogP contribution is -2.19. The van der Waals surface area contributed by atoms with E-state index in [2.05, 4.69) is 19.2 Å². The van der Waals surface area contributed by atoms with Gasteiger partial charge in [-0.3, -0.25) is 9.59 Å². The summed E-state index contributed by atoms with van der Waals surface area (Å²) in [6.45, 7) is 4.27. The van der Waals surface area contributed by atoms with E-state index in [1.165, 1.54) is 16.2 Å². The molecule has 132 valence electrons. The van der Waals surface area contributed by atoms with Gasteiger partial charge in [-0.05, 0) is 48.6 Å². The lowest BCUT2D eigenvalue weighted by molar-refractivity contribution is 0.1000. The molecule has 3 rings (SSSR count). The molecule has 0 saturated carbocycles. The molecule has 25 heavy (non-hydrogen) atoms. The number of thioether (sulfide) groups is 1. The Balaban J connectivity index is 1.93. The van der Waals surface area contributed by atoms with Gasteiger partial charge in [-0.15, -0.1) is 23.1 Å². The van der Waals surface area contributed by atoms with Gasteiger partial charge in [0.1, 0.15) is 5.00 Å². The fourth-order valence-electron chi connectivity index (χ4n) is 3.21. The van der Waals surface area contributed by atoms with Gasteiger partial charge in [0.05, 0.1) is 11.1 Å². The van der Waals surface area contributed by atoms with E-state index in [1.54, 1.807) is 11.8 Å². The van der Waals surface area contributed by atoms with Gasteiger partial charge >= 0.3 is 0 Å². The monoisotopic (exact) mass is 374 g/mol. The molecular weight excluding hydrogens is 352 g/mol. The molecule has 0 aliphatic heterocycles. The van der Waals surface area contributed by atoms with Gasteiger partial charge in [-0.2, -0.15) is 0 Å². The van der Waals surface area contributed by atoms with Gasteiger partial charge in [0.15, 0.2) is 0 Å². The van der Waals surface area contributed by atoms with Crippen molar-refractivity contribution in [2.75, 3.05) is 11.1 Å². The van der Waals surface area contributed by atoms with E-state index in [9.17, 15) is 9.59 Å². The van der Waals surface area contributed by atoms with Crippen molar-refractivity contribution in [3.05, 3.63) is 45.8 Å². The minimum absolute atomic E-state index is 0.189. The van der Waals surface area contributed by atoms with Crippen molar-refractivity contribution in [2.24, 2.45) is 11.7 Å². The number of thiophene rings is 1. The van der Waals surface area contributed by atoms with E-state index < -0.39 is 5.91 Å². The predicted molar refractivity (Wildman–Crippen MR) is 105 cm³/mol. The van der Waals surface area contributed by atoms with Crippen LogP contribution in [-0.2, 0) is 12.8 Å². The Morgan fingerprint density at radius 1 is 1.36 bits per heavy atom. The summed E-state index contributed by atoms with van der Waals surface area (Å²) in [6, 6.07) is 7.53. The largest absolute Gasteiger partial charge is 0.365 e. The van der Waals surface area contributed by atoms with E-state index in [0.717, 1.165) is 35.5 Å². The molecule has 2 amide bonds. The predicted octanol–water partition coefficient (Wildman–Crippen LogP) is 4.34. The van der Waals surface area contributed by atoms with Crippen LogP contribution in [0.15, 0.2) is 29.2 Å². The quantitative estimate of drug-likeness (QED) is 0.765. The summed E-state index contributed by atoms with van der Waals surface area (Å²) in [6.07, 6.45) is 2.84. The molecule has 1 heterocycles. The van der Waals surface area contributed by atoms with Crippen molar-refractivity contribution < 1.29 is 9.59 Å². The van der Waals surface area contributed by atoms with Crippen molar-refractivity contribution in [1.29, 1.82) is 0 Å². The summed E-state index contributed by atoms with van der Waals surface area (Å²) in [5.41, 5.74) is 7.78. The Kier molecular flexibility index (Phi) is 5.49. The van der Waals surface area contributed by atoms with Crippen LogP contribution in [0.4, 0.5) is 5.00 Å². The molecule has 0 spiro atoms. The standard InChI is InChI=1S/C19H22N2O2S2/c1-3-24-14-7-5-4-6-13(14)18(23)21-19-16(17(20)22)12-9-8-11(2)10-15(12)25-19/h4-7,11H,3,8-10H2,1-2H3,(H2,20,22)(H,21,23). The zero-order valence-electron chi connectivity index (χ0n) is 14.4. The molecule has 3 N–H and O–H groups in total. The zero-order valence-corrected chi connectivity index (χ0v) is 16.1. The number of carbonyl (C=O) groups is 2. The van der Waals surface area contributed by atoms with Crippen LogP contribution in [0.3, 0.4) is 0 Å². The van der Waals surface area contributed by atoms with Crippen LogP contribution in [0.25, 0.3) is 0 Å². The third kappa shape index (κ3) is 3.75. The molecule has 0 bridgehead atoms. The number of amides is 2. The van der Waals surface area contributed by atoms with Crippen LogP contribution in [0.1, 0.15) is 51.4 Å². The Morgan fingerprint density at radius 2 is 2.12 bits per heavy atom. The van der Waals surface area contributed by atoms with Crippen LogP contribution in [0.2, 0.25) is 0 Å². The Labute approximate surface area is 156 Å². The van der Waals surface area contributed by atoms with Crippen LogP contribution in [0.5, 0.6) is 0 Å². The highest BCUT2D eigenvalue weighted by atomic mass is 32.2. The summed E-state index contributed by atoms with van der Waals surface area (Å²) in [5.74, 6) is 0.837. The Bertz CT molecular complexity index is 814. The molecule has 1 aliphatic carbocycles. The van der Waals surface area contributed by atoms with Gasteiger partial charge in [0.25, 0.3) is 11.8 Å². The third-order valence-corrected chi connectivity index (χ3v) is 6.54. The number of rotatable bonds is 5. The zero-order chi connectivity index (χ0) is 18.0. The number of carbonyl (C=O) groups excluding carboxylic acids is 2. The summed E-state index contributed by atoms with van der Waals surface area (Å²) < 4.78 is 0. The minimum Gasteiger partial charge on any atom is -0.365 e. The Hall–Kier alpha value is -1.79. The molecule has 0 fully saturated rings. The van der Waals surface area contributed by atoms with E-state index in [1.807, 2.05) is 24.3 Å². The van der Waals surface area contributed by atoms with E-state index >= 15 is 0 Å². The van der Waals surface area contributed by atoms with Crippen molar-refractivity contribution in [1.82, 2.24) is 0 Å². The number of hydrogen-bond donors (Lipinski definition) is 2. The minimum atomic E-state index is -0.460. The van der Waals surface area contributed by atoms with Gasteiger partial charge in [0.2, 0.25) is 0 Å². The second-order valence-corrected chi connectivity index (χ2v) is 8.71. The summed E-state index contributed by atoms with van der Waals surface area (Å²) in [5, 5.41) is 3.54. The highest BCUT2D eigenvalue weighted by Gasteiger charge is 2.27. The summed E-state index contributed by atoms with van der Waals surface area (Å²) >= 11 is 3.13. The maximum atomic E-state index is 12.8. The molecule has 1 aliphatic rings. The van der Waals surface area contributed by atoms with E-state index in [4.69, 9.17) is 5.73 Å². The molecule has 6 heteroatoms. The molecule has 0 radical (unpaired) electrons. The number of hydrogen-bond acceptors (Lipinski definition) is 4. The SMILES string of the molecule is CCSc1ccccc1C(=O)Nc1sc2c(c1C(N)=O)CCC(C)C2. The third-order valence-electron chi connectivity index (χ3n) is 4.42. The normalized spacial score (nSPS) is 16.3. The van der Waals surface area contributed by atoms with Gasteiger partial charge in [-0.1, -0.05) is 26.0 Å². The smallest absolute Gasteiger partial charge is 0.257 e. The number of nitrogens with one attached hydrogen (secondary N) is 1. The lowest BCUT2D eigenvalue weighted by atomic mass is 9.88. The van der Waals surface area contributed by atoms with E-state index in [0.29, 0.717) is 22.0 Å². The fourth-order valence-corrected chi connectivity index (χ4v) is 5.42. The maximum absolute atomic E-state index is 12.8. The number of nitrogens with two attached hydrogens (primary N) is 1. The number of fused-ring (bicyclic) bond motifs is 1. The van der Waals surface area contributed by atoms with Crippen LogP contribution in [0, 0.1) is 5.92 Å². The van der Waals surface area contributed by atoms with Gasteiger partial charge < -0.3 is 11.1 Å². The van der Waals surface area contributed by atoms with Crippen molar-refractivity contribution >= 4 is 39.9 Å². The first kappa shape index (κ1) is 18.0. The van der Waals surface area contributed by atoms with Gasteiger partial charge in [0, 0.05) is 9.77 Å².